The first kappa shape index (κ1) is 16.4. The van der Waals surface area contributed by atoms with Crippen molar-refractivity contribution in [1.29, 1.82) is 0 Å². The number of carbonyl (C=O) groups excluding carboxylic acids is 1. The molecular formula is C9H10F6N2O3. The van der Waals surface area contributed by atoms with Crippen LogP contribution in [0.2, 0.25) is 0 Å². The van der Waals surface area contributed by atoms with E-state index in [-0.39, 0.29) is 0 Å². The molecule has 0 spiro atoms. The van der Waals surface area contributed by atoms with E-state index in [1.165, 1.54) is 5.32 Å². The lowest BCUT2D eigenvalue weighted by Gasteiger charge is -2.27. The number of likely N-dealkylation sites (tertiary alicyclic amines) is 1. The molecule has 0 aromatic carbocycles. The van der Waals surface area contributed by atoms with E-state index in [2.05, 4.69) is 0 Å². The Morgan fingerprint density at radius 3 is 2.10 bits per heavy atom. The molecule has 1 aliphatic rings. The minimum Gasteiger partial charge on any atom is -0.481 e. The van der Waals surface area contributed by atoms with Gasteiger partial charge in [0.15, 0.2) is 5.41 Å². The van der Waals surface area contributed by atoms with E-state index in [1.807, 2.05) is 0 Å². The molecule has 0 radical (unpaired) electrons. The maximum absolute atomic E-state index is 12.8. The highest BCUT2D eigenvalue weighted by Crippen LogP contribution is 2.45. The van der Waals surface area contributed by atoms with E-state index < -0.39 is 55.8 Å². The van der Waals surface area contributed by atoms with Crippen LogP contribution in [-0.2, 0) is 4.79 Å². The second-order valence-corrected chi connectivity index (χ2v) is 4.33. The highest BCUT2D eigenvalue weighted by molar-refractivity contribution is 5.80. The zero-order chi connectivity index (χ0) is 15.8. The summed E-state index contributed by atoms with van der Waals surface area (Å²) in [5.74, 6) is -2.16. The number of alkyl halides is 6. The summed E-state index contributed by atoms with van der Waals surface area (Å²) in [6, 6.07) is -1.38. The predicted octanol–water partition coefficient (Wildman–Crippen LogP) is 1.60. The van der Waals surface area contributed by atoms with Gasteiger partial charge in [0.1, 0.15) is 6.54 Å². The SMILES string of the molecule is O=C(NCC(F)(F)F)N1CCC(C(=O)O)(C(F)(F)F)C1. The van der Waals surface area contributed by atoms with Crippen LogP contribution in [0.15, 0.2) is 0 Å². The van der Waals surface area contributed by atoms with E-state index in [1.54, 1.807) is 0 Å². The lowest BCUT2D eigenvalue weighted by Crippen LogP contribution is -2.49. The van der Waals surface area contributed by atoms with Crippen LogP contribution in [-0.4, -0.2) is 54.0 Å². The summed E-state index contributed by atoms with van der Waals surface area (Å²) in [6.45, 7) is -3.50. The molecule has 0 saturated carbocycles. The molecule has 1 saturated heterocycles. The van der Waals surface area contributed by atoms with Crippen LogP contribution in [0.4, 0.5) is 31.1 Å². The molecule has 1 rings (SSSR count). The van der Waals surface area contributed by atoms with Crippen LogP contribution in [0, 0.1) is 5.41 Å². The molecule has 0 bridgehead atoms. The molecular weight excluding hydrogens is 298 g/mol. The number of aliphatic carboxylic acids is 1. The summed E-state index contributed by atoms with van der Waals surface area (Å²) in [4.78, 5) is 22.5. The van der Waals surface area contributed by atoms with E-state index in [9.17, 15) is 35.9 Å². The quantitative estimate of drug-likeness (QED) is 0.761. The third kappa shape index (κ3) is 3.25. The number of urea groups is 1. The summed E-state index contributed by atoms with van der Waals surface area (Å²) >= 11 is 0. The molecule has 20 heavy (non-hydrogen) atoms. The molecule has 1 atom stereocenters. The third-order valence-corrected chi connectivity index (χ3v) is 2.95. The molecule has 0 aromatic heterocycles. The highest BCUT2D eigenvalue weighted by Gasteiger charge is 2.64. The second kappa shape index (κ2) is 5.02. The standard InChI is InChI=1S/C9H10F6N2O3/c10-8(11,12)3-16-6(20)17-2-1-7(4-17,5(18)19)9(13,14)15/h1-4H2,(H,16,20)(H,18,19). The molecule has 0 aromatic rings. The molecule has 116 valence electrons. The number of nitrogens with one attached hydrogen (secondary N) is 1. The Kier molecular flexibility index (Phi) is 4.11. The largest absolute Gasteiger partial charge is 0.481 e. The molecule has 1 unspecified atom stereocenters. The van der Waals surface area contributed by atoms with Gasteiger partial charge in [-0.25, -0.2) is 4.79 Å². The van der Waals surface area contributed by atoms with Gasteiger partial charge in [-0.3, -0.25) is 4.79 Å². The van der Waals surface area contributed by atoms with Crippen LogP contribution in [0.3, 0.4) is 0 Å². The Balaban J connectivity index is 2.75. The van der Waals surface area contributed by atoms with Crippen molar-refractivity contribution in [2.24, 2.45) is 5.41 Å². The molecule has 1 fully saturated rings. The smallest absolute Gasteiger partial charge is 0.406 e. The van der Waals surface area contributed by atoms with Gasteiger partial charge in [0, 0.05) is 13.1 Å². The summed E-state index contributed by atoms with van der Waals surface area (Å²) in [5, 5.41) is 10.1. The number of hydrogen-bond donors (Lipinski definition) is 2. The van der Waals surface area contributed by atoms with Gasteiger partial charge in [-0.1, -0.05) is 0 Å². The van der Waals surface area contributed by atoms with Crippen LogP contribution >= 0.6 is 0 Å². The Labute approximate surface area is 108 Å². The van der Waals surface area contributed by atoms with Crippen LogP contribution < -0.4 is 5.32 Å². The third-order valence-electron chi connectivity index (χ3n) is 2.95. The topological polar surface area (TPSA) is 69.6 Å². The van der Waals surface area contributed by atoms with E-state index >= 15 is 0 Å². The Bertz CT molecular complexity index is 407. The van der Waals surface area contributed by atoms with Gasteiger partial charge in [0.25, 0.3) is 0 Å². The maximum Gasteiger partial charge on any atom is 0.406 e. The van der Waals surface area contributed by atoms with Crippen LogP contribution in [0.5, 0.6) is 0 Å². The van der Waals surface area contributed by atoms with E-state index in [0.29, 0.717) is 4.90 Å². The highest BCUT2D eigenvalue weighted by atomic mass is 19.4. The van der Waals surface area contributed by atoms with Crippen molar-refractivity contribution in [2.75, 3.05) is 19.6 Å². The number of halogens is 6. The van der Waals surface area contributed by atoms with Gasteiger partial charge >= 0.3 is 24.4 Å². The first-order valence-corrected chi connectivity index (χ1v) is 5.29. The fourth-order valence-electron chi connectivity index (χ4n) is 1.80. The summed E-state index contributed by atoms with van der Waals surface area (Å²) in [6.07, 6.45) is -10.7. The minimum absolute atomic E-state index is 0.410. The van der Waals surface area contributed by atoms with Crippen molar-refractivity contribution in [3.05, 3.63) is 0 Å². The number of amides is 2. The minimum atomic E-state index is -5.10. The molecule has 5 nitrogen and oxygen atoms in total. The van der Waals surface area contributed by atoms with Gasteiger partial charge in [0.05, 0.1) is 0 Å². The summed E-state index contributed by atoms with van der Waals surface area (Å²) < 4.78 is 73.9. The fourth-order valence-corrected chi connectivity index (χ4v) is 1.80. The fraction of sp³-hybridized carbons (Fsp3) is 0.778. The van der Waals surface area contributed by atoms with Gasteiger partial charge in [0.2, 0.25) is 0 Å². The molecule has 2 amide bonds. The second-order valence-electron chi connectivity index (χ2n) is 4.33. The predicted molar refractivity (Wildman–Crippen MR) is 51.8 cm³/mol. The molecule has 0 aliphatic carbocycles. The molecule has 1 heterocycles. The zero-order valence-electron chi connectivity index (χ0n) is 9.81. The molecule has 11 heteroatoms. The Morgan fingerprint density at radius 2 is 1.75 bits per heavy atom. The van der Waals surface area contributed by atoms with Crippen molar-refractivity contribution in [3.8, 4) is 0 Å². The van der Waals surface area contributed by atoms with Gasteiger partial charge in [-0.05, 0) is 6.42 Å². The van der Waals surface area contributed by atoms with E-state index in [0.717, 1.165) is 0 Å². The number of hydrogen-bond acceptors (Lipinski definition) is 2. The lowest BCUT2D eigenvalue weighted by atomic mass is 9.86. The number of rotatable bonds is 2. The number of carboxylic acid groups (broad SMARTS) is 1. The first-order chi connectivity index (χ1) is 8.89. The Morgan fingerprint density at radius 1 is 1.20 bits per heavy atom. The average Bonchev–Trinajstić information content (AvgIpc) is 2.70. The van der Waals surface area contributed by atoms with Gasteiger partial charge in [-0.2, -0.15) is 26.3 Å². The van der Waals surface area contributed by atoms with E-state index in [4.69, 9.17) is 5.11 Å². The summed E-state index contributed by atoms with van der Waals surface area (Å²) in [7, 11) is 0. The van der Waals surface area contributed by atoms with Crippen molar-refractivity contribution in [2.45, 2.75) is 18.8 Å². The average molecular weight is 308 g/mol. The van der Waals surface area contributed by atoms with Crippen LogP contribution in [0.1, 0.15) is 6.42 Å². The van der Waals surface area contributed by atoms with Crippen molar-refractivity contribution in [1.82, 2.24) is 10.2 Å². The number of nitrogens with zero attached hydrogens (tertiary/aromatic N) is 1. The maximum atomic E-state index is 12.8. The number of carboxylic acids is 1. The lowest BCUT2D eigenvalue weighted by molar-refractivity contribution is -0.227. The van der Waals surface area contributed by atoms with Crippen molar-refractivity contribution >= 4 is 12.0 Å². The van der Waals surface area contributed by atoms with Crippen molar-refractivity contribution < 1.29 is 41.0 Å². The number of carbonyl (C=O) groups is 2. The van der Waals surface area contributed by atoms with Crippen molar-refractivity contribution in [3.63, 3.8) is 0 Å². The monoisotopic (exact) mass is 308 g/mol. The first-order valence-electron chi connectivity index (χ1n) is 5.29. The summed E-state index contributed by atoms with van der Waals surface area (Å²) in [5.41, 5.74) is -3.14. The zero-order valence-corrected chi connectivity index (χ0v) is 9.81. The Hall–Kier alpha value is -1.68. The normalized spacial score (nSPS) is 23.8. The molecule has 1 aliphatic heterocycles. The molecule has 2 N–H and O–H groups in total. The van der Waals surface area contributed by atoms with Gasteiger partial charge < -0.3 is 15.3 Å². The van der Waals surface area contributed by atoms with Crippen LogP contribution in [0.25, 0.3) is 0 Å². The van der Waals surface area contributed by atoms with Gasteiger partial charge in [-0.15, -0.1) is 0 Å².